The van der Waals surface area contributed by atoms with E-state index in [9.17, 15) is 9.90 Å². The minimum atomic E-state index is -0.719. The van der Waals surface area contributed by atoms with Crippen LogP contribution in [0.25, 0.3) is 0 Å². The molecule has 2 aliphatic carbocycles. The molecule has 0 aliphatic heterocycles. The number of rotatable bonds is 4. The Morgan fingerprint density at radius 2 is 2.17 bits per heavy atom. The first-order valence-electron chi connectivity index (χ1n) is 8.83. The predicted octanol–water partition coefficient (Wildman–Crippen LogP) is 5.08. The quantitative estimate of drug-likeness (QED) is 0.843. The highest BCUT2D eigenvalue weighted by atomic mass is 16.4. The van der Waals surface area contributed by atoms with Crippen LogP contribution in [0.1, 0.15) is 58.4 Å². The molecular formula is C20H28O3. The fourth-order valence-corrected chi connectivity index (χ4v) is 5.29. The number of aryl methyl sites for hydroxylation is 1. The van der Waals surface area contributed by atoms with Gasteiger partial charge in [0.05, 0.1) is 12.5 Å². The van der Waals surface area contributed by atoms with Crippen LogP contribution in [0.15, 0.2) is 34.7 Å². The average Bonchev–Trinajstić information content (AvgIpc) is 3.02. The maximum absolute atomic E-state index is 11.8. The van der Waals surface area contributed by atoms with Crippen LogP contribution in [0, 0.1) is 22.7 Å². The van der Waals surface area contributed by atoms with Crippen molar-refractivity contribution in [3.8, 4) is 0 Å². The topological polar surface area (TPSA) is 50.4 Å². The smallest absolute Gasteiger partial charge is 0.331 e. The van der Waals surface area contributed by atoms with Gasteiger partial charge in [0.2, 0.25) is 0 Å². The summed E-state index contributed by atoms with van der Waals surface area (Å²) in [6.45, 7) is 6.94. The second-order valence-corrected chi connectivity index (χ2v) is 8.05. The van der Waals surface area contributed by atoms with Crippen LogP contribution >= 0.6 is 0 Å². The molecule has 0 radical (unpaired) electrons. The summed E-state index contributed by atoms with van der Waals surface area (Å²) < 4.78 is 5.20. The SMILES string of the molecule is C[C@H]1CC[C@]2(C)C(C(=O)O)=CCC[C@@H]2[C@@]1(C)CCc1ccoc1. The molecule has 3 rings (SSSR count). The third kappa shape index (κ3) is 2.64. The number of hydrogen-bond donors (Lipinski definition) is 1. The Kier molecular flexibility index (Phi) is 4.16. The number of furan rings is 1. The number of fused-ring (bicyclic) bond motifs is 1. The van der Waals surface area contributed by atoms with Crippen LogP contribution in [0.3, 0.4) is 0 Å². The van der Waals surface area contributed by atoms with Gasteiger partial charge in [0.25, 0.3) is 0 Å². The van der Waals surface area contributed by atoms with Crippen molar-refractivity contribution in [1.29, 1.82) is 0 Å². The van der Waals surface area contributed by atoms with Crippen LogP contribution < -0.4 is 0 Å². The maximum Gasteiger partial charge on any atom is 0.331 e. The van der Waals surface area contributed by atoms with Crippen LogP contribution in [0.5, 0.6) is 0 Å². The van der Waals surface area contributed by atoms with Gasteiger partial charge in [-0.1, -0.05) is 26.8 Å². The van der Waals surface area contributed by atoms with E-state index < -0.39 is 5.97 Å². The highest BCUT2D eigenvalue weighted by Gasteiger charge is 2.55. The fraction of sp³-hybridized carbons (Fsp3) is 0.650. The molecule has 0 saturated heterocycles. The van der Waals surface area contributed by atoms with E-state index in [0.29, 0.717) is 17.4 Å². The summed E-state index contributed by atoms with van der Waals surface area (Å²) in [6, 6.07) is 2.04. The van der Waals surface area contributed by atoms with Gasteiger partial charge in [0.15, 0.2) is 0 Å². The normalized spacial score (nSPS) is 37.1. The molecule has 1 aromatic heterocycles. The zero-order valence-corrected chi connectivity index (χ0v) is 14.5. The Morgan fingerprint density at radius 3 is 2.83 bits per heavy atom. The van der Waals surface area contributed by atoms with Crippen molar-refractivity contribution in [2.75, 3.05) is 0 Å². The number of carboxylic acids is 1. The molecule has 3 heteroatoms. The average molecular weight is 316 g/mol. The van der Waals surface area contributed by atoms with Crippen molar-refractivity contribution in [3.63, 3.8) is 0 Å². The van der Waals surface area contributed by atoms with Crippen LogP contribution in [0.4, 0.5) is 0 Å². The zero-order valence-electron chi connectivity index (χ0n) is 14.5. The van der Waals surface area contributed by atoms with Gasteiger partial charge in [-0.2, -0.15) is 0 Å². The van der Waals surface area contributed by atoms with Crippen LogP contribution in [-0.4, -0.2) is 11.1 Å². The first-order valence-corrected chi connectivity index (χ1v) is 8.83. The maximum atomic E-state index is 11.8. The molecule has 0 aromatic carbocycles. The minimum absolute atomic E-state index is 0.179. The lowest BCUT2D eigenvalue weighted by molar-refractivity contribution is -0.137. The van der Waals surface area contributed by atoms with Crippen molar-refractivity contribution in [2.45, 2.75) is 59.3 Å². The van der Waals surface area contributed by atoms with Crippen molar-refractivity contribution in [3.05, 3.63) is 35.8 Å². The lowest BCUT2D eigenvalue weighted by Gasteiger charge is -2.57. The Hall–Kier alpha value is -1.51. The van der Waals surface area contributed by atoms with Gasteiger partial charge in [-0.05, 0) is 67.4 Å². The van der Waals surface area contributed by atoms with Gasteiger partial charge in [0.1, 0.15) is 0 Å². The van der Waals surface area contributed by atoms with E-state index >= 15 is 0 Å². The summed E-state index contributed by atoms with van der Waals surface area (Å²) in [6.07, 6.45) is 11.8. The first kappa shape index (κ1) is 16.4. The highest BCUT2D eigenvalue weighted by Crippen LogP contribution is 2.61. The molecule has 0 spiro atoms. The molecule has 1 N–H and O–H groups in total. The van der Waals surface area contributed by atoms with Gasteiger partial charge in [-0.3, -0.25) is 0 Å². The predicted molar refractivity (Wildman–Crippen MR) is 90.1 cm³/mol. The molecule has 1 fully saturated rings. The lowest BCUT2D eigenvalue weighted by atomic mass is 9.46. The largest absolute Gasteiger partial charge is 0.478 e. The summed E-state index contributed by atoms with van der Waals surface area (Å²) in [5.41, 5.74) is 1.91. The minimum Gasteiger partial charge on any atom is -0.478 e. The van der Waals surface area contributed by atoms with Gasteiger partial charge in [-0.15, -0.1) is 0 Å². The third-order valence-electron chi connectivity index (χ3n) is 6.97. The van der Waals surface area contributed by atoms with E-state index in [4.69, 9.17) is 4.42 Å². The summed E-state index contributed by atoms with van der Waals surface area (Å²) in [7, 11) is 0. The van der Waals surface area contributed by atoms with Crippen LogP contribution in [-0.2, 0) is 11.2 Å². The third-order valence-corrected chi connectivity index (χ3v) is 6.97. The number of aliphatic carboxylic acids is 1. The Labute approximate surface area is 138 Å². The Bertz CT molecular complexity index is 600. The second kappa shape index (κ2) is 5.85. The van der Waals surface area contributed by atoms with Gasteiger partial charge in [-0.25, -0.2) is 4.79 Å². The zero-order chi connectivity index (χ0) is 16.7. The molecule has 0 bridgehead atoms. The Morgan fingerprint density at radius 1 is 1.39 bits per heavy atom. The number of hydrogen-bond acceptors (Lipinski definition) is 2. The first-order chi connectivity index (χ1) is 10.9. The van der Waals surface area contributed by atoms with Crippen LogP contribution in [0.2, 0.25) is 0 Å². The standard InChI is InChI=1S/C20H28O3/c1-14-7-10-20(3)16(18(21)22)5-4-6-17(20)19(14,2)11-8-15-9-12-23-13-15/h5,9,12-14,17H,4,6-8,10-11H2,1-3H3,(H,21,22)/t14-,17+,19-,20+/m0/s1. The number of allylic oxidation sites excluding steroid dienone is 1. The molecule has 2 aliphatic rings. The fourth-order valence-electron chi connectivity index (χ4n) is 5.29. The van der Waals surface area contributed by atoms with E-state index in [0.717, 1.165) is 38.5 Å². The molecule has 126 valence electrons. The molecule has 4 atom stereocenters. The molecule has 1 heterocycles. The van der Waals surface area contributed by atoms with E-state index in [1.165, 1.54) is 5.56 Å². The molecular weight excluding hydrogens is 288 g/mol. The molecule has 0 unspecified atom stereocenters. The summed E-state index contributed by atoms with van der Waals surface area (Å²) in [5, 5.41) is 9.68. The number of carbonyl (C=O) groups is 1. The Balaban J connectivity index is 1.89. The molecule has 3 nitrogen and oxygen atoms in total. The number of carboxylic acid groups (broad SMARTS) is 1. The molecule has 23 heavy (non-hydrogen) atoms. The second-order valence-electron chi connectivity index (χ2n) is 8.05. The summed E-state index contributed by atoms with van der Waals surface area (Å²) in [5.74, 6) is 0.353. The summed E-state index contributed by atoms with van der Waals surface area (Å²) in [4.78, 5) is 11.8. The van der Waals surface area contributed by atoms with Gasteiger partial charge >= 0.3 is 5.97 Å². The van der Waals surface area contributed by atoms with Crippen molar-refractivity contribution in [1.82, 2.24) is 0 Å². The van der Waals surface area contributed by atoms with E-state index in [1.54, 1.807) is 6.26 Å². The van der Waals surface area contributed by atoms with Crippen molar-refractivity contribution < 1.29 is 14.3 Å². The van der Waals surface area contributed by atoms with E-state index in [-0.39, 0.29) is 10.8 Å². The van der Waals surface area contributed by atoms with Crippen molar-refractivity contribution in [2.24, 2.45) is 22.7 Å². The lowest BCUT2D eigenvalue weighted by Crippen LogP contribution is -2.51. The molecule has 1 saturated carbocycles. The molecule has 1 aromatic rings. The van der Waals surface area contributed by atoms with Gasteiger partial charge in [0, 0.05) is 11.0 Å². The van der Waals surface area contributed by atoms with Gasteiger partial charge < -0.3 is 9.52 Å². The summed E-state index contributed by atoms with van der Waals surface area (Å²) >= 11 is 0. The van der Waals surface area contributed by atoms with E-state index in [1.807, 2.05) is 18.4 Å². The molecule has 0 amide bonds. The van der Waals surface area contributed by atoms with E-state index in [2.05, 4.69) is 20.8 Å². The monoisotopic (exact) mass is 316 g/mol. The van der Waals surface area contributed by atoms with Crippen molar-refractivity contribution >= 4 is 5.97 Å². The highest BCUT2D eigenvalue weighted by molar-refractivity contribution is 5.88.